The summed E-state index contributed by atoms with van der Waals surface area (Å²) in [5, 5.41) is 23.5. The van der Waals surface area contributed by atoms with Gasteiger partial charge in [0.1, 0.15) is 0 Å². The van der Waals surface area contributed by atoms with Gasteiger partial charge in [0.2, 0.25) is 0 Å². The van der Waals surface area contributed by atoms with Crippen LogP contribution in [0.1, 0.15) is 52.7 Å². The molecule has 0 amide bonds. The summed E-state index contributed by atoms with van der Waals surface area (Å²) in [6, 6.07) is 4.81. The number of nitriles is 2. The molecule has 0 spiro atoms. The van der Waals surface area contributed by atoms with E-state index in [1.807, 2.05) is 0 Å². The third-order valence-electron chi connectivity index (χ3n) is 6.65. The third-order valence-corrected chi connectivity index (χ3v) is 25.8. The van der Waals surface area contributed by atoms with Gasteiger partial charge in [0.15, 0.2) is 0 Å². The van der Waals surface area contributed by atoms with Gasteiger partial charge in [-0.25, -0.2) is 0 Å². The van der Waals surface area contributed by atoms with Gasteiger partial charge in [0.25, 0.3) is 0 Å². The number of rotatable bonds is 0. The van der Waals surface area contributed by atoms with E-state index in [1.54, 1.807) is 1.24 Å². The summed E-state index contributed by atoms with van der Waals surface area (Å²) in [5.41, 5.74) is 2.13. The first-order valence-corrected chi connectivity index (χ1v) is 19.3. The Kier molecular flexibility index (Phi) is 6.66. The van der Waals surface area contributed by atoms with E-state index in [2.05, 4.69) is 69.4 Å². The van der Waals surface area contributed by atoms with E-state index in [9.17, 15) is 10.5 Å². The monoisotopic (exact) mass is 703 g/mol. The predicted molar refractivity (Wildman–Crippen MR) is 123 cm³/mol. The van der Waals surface area contributed by atoms with E-state index in [-0.39, 0.29) is 26.7 Å². The molecule has 2 aromatic rings. The van der Waals surface area contributed by atoms with Crippen LogP contribution >= 0.6 is 0 Å². The van der Waals surface area contributed by atoms with Crippen molar-refractivity contribution in [3.05, 3.63) is 43.1 Å². The molecule has 0 aliphatic carbocycles. The molecular formula is C25H19KN4UV. The quantitative estimate of drug-likeness (QED) is 0.313. The van der Waals surface area contributed by atoms with Gasteiger partial charge in [-0.2, -0.15) is 0 Å². The van der Waals surface area contributed by atoms with Crippen molar-refractivity contribution >= 4 is 77.3 Å². The third kappa shape index (κ3) is 3.80. The SMILES string of the molecule is [C-]#[N+]c1c(C#N)c2c3[c](c(C#N)c([N+]#[C-])[c]4c3[c]1[U]=[C](C(C)(C)C)[V]=4)[K]=[C](C(C)(C)C)C=2. The van der Waals surface area contributed by atoms with E-state index in [0.29, 0.717) is 22.5 Å². The van der Waals surface area contributed by atoms with E-state index in [1.165, 1.54) is -0.432 Å². The van der Waals surface area contributed by atoms with Crippen molar-refractivity contribution in [2.75, 3.05) is 0 Å². The molecule has 0 fully saturated rings. The minimum atomic E-state index is -1.88. The molecule has 7 heteroatoms. The predicted octanol–water partition coefficient (Wildman–Crippen LogP) is 3.26. The molecule has 4 radical (unpaired) electrons. The maximum atomic E-state index is 10.2. The van der Waals surface area contributed by atoms with Gasteiger partial charge in [-0.15, -0.1) is 0 Å². The van der Waals surface area contributed by atoms with Gasteiger partial charge in [-0.1, -0.05) is 0 Å². The van der Waals surface area contributed by atoms with E-state index >= 15 is 0 Å². The molecule has 4 rings (SSSR count). The Hall–Kier alpha value is -0.457. The van der Waals surface area contributed by atoms with Crippen LogP contribution in [0, 0.1) is 77.7 Å². The fourth-order valence-corrected chi connectivity index (χ4v) is 22.1. The standard InChI is InChI=1S/C20H10N4.C5H9.K.U.V/c1-20(2,3)7-6-15-16-8-14(11-21)18(23-4)9-13(16)10-19(24-5)17(15)12-22;1-5(2,3)4;;;/h6H,1-3H3;1-3H3;;;. The first kappa shape index (κ1) is 24.7. The first-order chi connectivity index (χ1) is 15.0. The zero-order valence-corrected chi connectivity index (χ0v) is 28.0. The van der Waals surface area contributed by atoms with E-state index < -0.39 is 73.2 Å². The van der Waals surface area contributed by atoms with Crippen molar-refractivity contribution in [2.45, 2.75) is 41.5 Å². The van der Waals surface area contributed by atoms with Crippen molar-refractivity contribution in [3.63, 3.8) is 0 Å². The van der Waals surface area contributed by atoms with Gasteiger partial charge < -0.3 is 0 Å². The molecule has 0 saturated heterocycles. The van der Waals surface area contributed by atoms with Crippen LogP contribution in [0.25, 0.3) is 26.5 Å². The molecule has 0 saturated carbocycles. The summed E-state index contributed by atoms with van der Waals surface area (Å²) in [5.74, 6) is 0. The van der Waals surface area contributed by atoms with Crippen molar-refractivity contribution in [1.29, 1.82) is 10.5 Å². The average molecular weight is 704 g/mol. The average Bonchev–Trinajstić information content (AvgIpc) is 2.73. The Morgan fingerprint density at radius 2 is 1.56 bits per heavy atom. The van der Waals surface area contributed by atoms with Gasteiger partial charge in [0, 0.05) is 0 Å². The minimum absolute atomic E-state index is 0.0332. The molecule has 2 heterocycles. The van der Waals surface area contributed by atoms with Crippen LogP contribution < -0.4 is 7.47 Å². The van der Waals surface area contributed by atoms with Crippen molar-refractivity contribution in [1.82, 2.24) is 0 Å². The Labute approximate surface area is 234 Å². The van der Waals surface area contributed by atoms with Gasteiger partial charge in [0.05, 0.1) is 0 Å². The molecule has 0 unspecified atom stereocenters. The van der Waals surface area contributed by atoms with Crippen molar-refractivity contribution in [2.24, 2.45) is 10.8 Å². The Morgan fingerprint density at radius 3 is 2.06 bits per heavy atom. The molecule has 0 aromatic heterocycles. The molecule has 2 aliphatic rings. The number of hydrogen-bond acceptors (Lipinski definition) is 2. The van der Waals surface area contributed by atoms with Crippen molar-refractivity contribution in [3.8, 4) is 12.1 Å². The summed E-state index contributed by atoms with van der Waals surface area (Å²) in [6.45, 7) is 29.2. The summed E-state index contributed by atoms with van der Waals surface area (Å²) in [6.07, 6.45) is 2.19. The van der Waals surface area contributed by atoms with E-state index in [0.717, 1.165) is 22.1 Å². The topological polar surface area (TPSA) is 56.3 Å². The second-order valence-electron chi connectivity index (χ2n) is 10.6. The van der Waals surface area contributed by atoms with Gasteiger partial charge in [-0.3, -0.25) is 0 Å². The van der Waals surface area contributed by atoms with Gasteiger partial charge >= 0.3 is 238 Å². The van der Waals surface area contributed by atoms with Crippen LogP contribution in [-0.4, -0.2) is 46.8 Å². The Balaban J connectivity index is 2.44. The molecule has 149 valence electrons. The molecule has 0 bridgehead atoms. The maximum absolute atomic E-state index is 10.2. The summed E-state index contributed by atoms with van der Waals surface area (Å²) in [7, 11) is 0. The summed E-state index contributed by atoms with van der Waals surface area (Å²) >= 11 is -3.90. The second-order valence-corrected chi connectivity index (χ2v) is 24.3. The number of nitrogens with zero attached hydrogens (tertiary/aromatic N) is 4. The Morgan fingerprint density at radius 1 is 0.938 bits per heavy atom. The molecule has 32 heavy (non-hydrogen) atoms. The van der Waals surface area contributed by atoms with Crippen LogP contribution in [-0.2, 0) is 15.8 Å². The molecule has 2 aliphatic heterocycles. The normalized spacial score (nSPS) is 13.8. The molecular weight excluding hydrogens is 684 g/mol. The molecule has 2 aromatic carbocycles. The number of hydrogen-bond donors (Lipinski definition) is 0. The van der Waals surface area contributed by atoms with Crippen LogP contribution in [0.3, 0.4) is 0 Å². The van der Waals surface area contributed by atoms with Crippen LogP contribution in [0.5, 0.6) is 0 Å². The zero-order chi connectivity index (χ0) is 23.6. The van der Waals surface area contributed by atoms with E-state index in [4.69, 9.17) is 13.1 Å². The van der Waals surface area contributed by atoms with Crippen LogP contribution in [0.15, 0.2) is 0 Å². The van der Waals surface area contributed by atoms with Crippen LogP contribution in [0.4, 0.5) is 11.4 Å². The molecule has 4 nitrogen and oxygen atoms in total. The first-order valence-electron chi connectivity index (χ1n) is 10.6. The fourth-order valence-electron chi connectivity index (χ4n) is 4.78. The van der Waals surface area contributed by atoms with Crippen molar-refractivity contribution < 1.29 is 43.1 Å². The van der Waals surface area contributed by atoms with Gasteiger partial charge in [-0.05, 0) is 0 Å². The molecule has 0 N–H and O–H groups in total. The number of benzene rings is 2. The summed E-state index contributed by atoms with van der Waals surface area (Å²) in [4.78, 5) is 7.86. The second kappa shape index (κ2) is 8.64. The fraction of sp³-hybridized carbons (Fsp3) is 0.320. The zero-order valence-electron chi connectivity index (χ0n) is 19.3. The Bertz CT molecular complexity index is 1500. The summed E-state index contributed by atoms with van der Waals surface area (Å²) < 4.78 is 6.15. The van der Waals surface area contributed by atoms with Crippen LogP contribution in [0.2, 0.25) is 0 Å². The molecule has 0 atom stereocenters.